The monoisotopic (exact) mass is 260 g/mol. The van der Waals surface area contributed by atoms with E-state index in [4.69, 9.17) is 14.9 Å². The van der Waals surface area contributed by atoms with Crippen LogP contribution in [0.1, 0.15) is 44.4 Å². The number of methoxy groups -OCH3 is 1. The first kappa shape index (κ1) is 12.5. The largest absolute Gasteiger partial charge is 0.497 e. The third-order valence-electron chi connectivity index (χ3n) is 4.02. The van der Waals surface area contributed by atoms with E-state index in [-0.39, 0.29) is 0 Å². The van der Waals surface area contributed by atoms with Crippen molar-refractivity contribution in [3.05, 3.63) is 24.1 Å². The number of fused-ring (bicyclic) bond motifs is 1. The molecule has 1 aliphatic carbocycles. The maximum absolute atomic E-state index is 6.53. The van der Waals surface area contributed by atoms with E-state index in [9.17, 15) is 0 Å². The Morgan fingerprint density at radius 3 is 2.63 bits per heavy atom. The average molecular weight is 260 g/mol. The Morgan fingerprint density at radius 2 is 1.95 bits per heavy atom. The molecule has 0 aliphatic heterocycles. The van der Waals surface area contributed by atoms with Crippen molar-refractivity contribution in [2.75, 3.05) is 7.11 Å². The Bertz CT molecular complexity index is 569. The van der Waals surface area contributed by atoms with Crippen molar-refractivity contribution in [3.63, 3.8) is 0 Å². The highest BCUT2D eigenvalue weighted by atomic mass is 16.5. The summed E-state index contributed by atoms with van der Waals surface area (Å²) < 4.78 is 11.1. The van der Waals surface area contributed by atoms with E-state index in [1.54, 1.807) is 7.11 Å². The SMILES string of the molecule is COc1ccc2nc(C3(N)CCCCCC3)oc2c1. The number of hydrogen-bond donors (Lipinski definition) is 1. The van der Waals surface area contributed by atoms with Crippen LogP contribution < -0.4 is 10.5 Å². The molecule has 3 rings (SSSR count). The summed E-state index contributed by atoms with van der Waals surface area (Å²) in [6.45, 7) is 0. The summed E-state index contributed by atoms with van der Waals surface area (Å²) in [5.41, 5.74) is 7.73. The minimum absolute atomic E-state index is 0.400. The van der Waals surface area contributed by atoms with Crippen LogP contribution in [0, 0.1) is 0 Å². The minimum Gasteiger partial charge on any atom is -0.497 e. The molecule has 1 aromatic heterocycles. The Labute approximate surface area is 112 Å². The molecule has 4 nitrogen and oxygen atoms in total. The lowest BCUT2D eigenvalue weighted by Gasteiger charge is -2.23. The van der Waals surface area contributed by atoms with Crippen LogP contribution in [0.25, 0.3) is 11.1 Å². The average Bonchev–Trinajstić information content (AvgIpc) is 2.74. The number of ether oxygens (including phenoxy) is 1. The molecule has 2 aromatic rings. The first-order valence-corrected chi connectivity index (χ1v) is 6.95. The summed E-state index contributed by atoms with van der Waals surface area (Å²) in [7, 11) is 1.65. The van der Waals surface area contributed by atoms with Gasteiger partial charge in [0.05, 0.1) is 12.6 Å². The lowest BCUT2D eigenvalue weighted by Crippen LogP contribution is -2.36. The van der Waals surface area contributed by atoms with Gasteiger partial charge in [-0.1, -0.05) is 25.7 Å². The van der Waals surface area contributed by atoms with Crippen LogP contribution in [0.15, 0.2) is 22.6 Å². The van der Waals surface area contributed by atoms with Crippen LogP contribution in [0.2, 0.25) is 0 Å². The van der Waals surface area contributed by atoms with Crippen molar-refractivity contribution in [2.45, 2.75) is 44.1 Å². The molecular weight excluding hydrogens is 240 g/mol. The summed E-state index contributed by atoms with van der Waals surface area (Å²) in [6.07, 6.45) is 6.73. The fourth-order valence-electron chi connectivity index (χ4n) is 2.82. The van der Waals surface area contributed by atoms with Crippen molar-refractivity contribution < 1.29 is 9.15 Å². The Balaban J connectivity index is 1.99. The molecule has 102 valence electrons. The van der Waals surface area contributed by atoms with Gasteiger partial charge in [-0.2, -0.15) is 0 Å². The number of aromatic nitrogens is 1. The van der Waals surface area contributed by atoms with Crippen LogP contribution in [-0.2, 0) is 5.54 Å². The highest BCUT2D eigenvalue weighted by Gasteiger charge is 2.33. The lowest BCUT2D eigenvalue weighted by molar-refractivity contribution is 0.301. The molecule has 0 atom stereocenters. The van der Waals surface area contributed by atoms with Crippen molar-refractivity contribution >= 4 is 11.1 Å². The second-order valence-corrected chi connectivity index (χ2v) is 5.42. The van der Waals surface area contributed by atoms with Gasteiger partial charge < -0.3 is 14.9 Å². The highest BCUT2D eigenvalue weighted by Crippen LogP contribution is 2.35. The van der Waals surface area contributed by atoms with Gasteiger partial charge in [0.25, 0.3) is 0 Å². The molecule has 1 aliphatic rings. The number of benzene rings is 1. The molecule has 19 heavy (non-hydrogen) atoms. The van der Waals surface area contributed by atoms with Crippen LogP contribution in [0.5, 0.6) is 5.75 Å². The number of nitrogens with zero attached hydrogens (tertiary/aromatic N) is 1. The topological polar surface area (TPSA) is 61.3 Å². The maximum Gasteiger partial charge on any atom is 0.215 e. The molecule has 2 N–H and O–H groups in total. The fourth-order valence-corrected chi connectivity index (χ4v) is 2.82. The van der Waals surface area contributed by atoms with Gasteiger partial charge in [0.1, 0.15) is 11.3 Å². The van der Waals surface area contributed by atoms with Gasteiger partial charge in [-0.3, -0.25) is 0 Å². The van der Waals surface area contributed by atoms with Gasteiger partial charge >= 0.3 is 0 Å². The molecule has 0 bridgehead atoms. The minimum atomic E-state index is -0.400. The van der Waals surface area contributed by atoms with E-state index in [2.05, 4.69) is 4.98 Å². The summed E-state index contributed by atoms with van der Waals surface area (Å²) in [6, 6.07) is 5.68. The number of hydrogen-bond acceptors (Lipinski definition) is 4. The van der Waals surface area contributed by atoms with E-state index in [1.807, 2.05) is 18.2 Å². The van der Waals surface area contributed by atoms with Crippen molar-refractivity contribution in [3.8, 4) is 5.75 Å². The van der Waals surface area contributed by atoms with E-state index >= 15 is 0 Å². The van der Waals surface area contributed by atoms with E-state index in [1.165, 1.54) is 12.8 Å². The Kier molecular flexibility index (Phi) is 3.19. The van der Waals surface area contributed by atoms with Crippen molar-refractivity contribution in [1.82, 2.24) is 4.98 Å². The molecule has 1 heterocycles. The zero-order valence-corrected chi connectivity index (χ0v) is 11.3. The normalized spacial score (nSPS) is 19.3. The van der Waals surface area contributed by atoms with E-state index in [0.29, 0.717) is 5.89 Å². The number of rotatable bonds is 2. The third kappa shape index (κ3) is 2.32. The highest BCUT2D eigenvalue weighted by molar-refractivity contribution is 5.74. The van der Waals surface area contributed by atoms with Gasteiger partial charge in [-0.25, -0.2) is 4.98 Å². The van der Waals surface area contributed by atoms with Gasteiger partial charge in [0.2, 0.25) is 5.89 Å². The van der Waals surface area contributed by atoms with E-state index < -0.39 is 5.54 Å². The van der Waals surface area contributed by atoms with Crippen molar-refractivity contribution in [2.24, 2.45) is 5.73 Å². The zero-order valence-electron chi connectivity index (χ0n) is 11.3. The molecule has 1 saturated carbocycles. The molecular formula is C15H20N2O2. The van der Waals surface area contributed by atoms with Crippen molar-refractivity contribution in [1.29, 1.82) is 0 Å². The molecule has 0 unspecified atom stereocenters. The summed E-state index contributed by atoms with van der Waals surface area (Å²) >= 11 is 0. The lowest BCUT2D eigenvalue weighted by atomic mass is 9.91. The molecule has 1 fully saturated rings. The molecule has 1 aromatic carbocycles. The van der Waals surface area contributed by atoms with Gasteiger partial charge in [0.15, 0.2) is 5.58 Å². The smallest absolute Gasteiger partial charge is 0.215 e. The quantitative estimate of drug-likeness (QED) is 0.841. The predicted octanol–water partition coefficient (Wildman–Crippen LogP) is 3.34. The second kappa shape index (κ2) is 4.85. The van der Waals surface area contributed by atoms with Crippen LogP contribution in [-0.4, -0.2) is 12.1 Å². The Hall–Kier alpha value is -1.55. The molecule has 4 heteroatoms. The molecule has 0 spiro atoms. The summed E-state index contributed by atoms with van der Waals surface area (Å²) in [4.78, 5) is 4.58. The standard InChI is InChI=1S/C15H20N2O2/c1-18-11-6-7-12-13(10-11)19-14(17-12)15(16)8-4-2-3-5-9-15/h6-7,10H,2-5,8-9,16H2,1H3. The van der Waals surface area contributed by atoms with Crippen LogP contribution in [0.3, 0.4) is 0 Å². The van der Waals surface area contributed by atoms with Gasteiger partial charge in [-0.15, -0.1) is 0 Å². The van der Waals surface area contributed by atoms with Crippen LogP contribution >= 0.6 is 0 Å². The second-order valence-electron chi connectivity index (χ2n) is 5.42. The zero-order chi connectivity index (χ0) is 13.3. The predicted molar refractivity (Wildman–Crippen MR) is 74.1 cm³/mol. The number of oxazole rings is 1. The first-order valence-electron chi connectivity index (χ1n) is 6.95. The fraction of sp³-hybridized carbons (Fsp3) is 0.533. The van der Waals surface area contributed by atoms with Gasteiger partial charge in [-0.05, 0) is 25.0 Å². The van der Waals surface area contributed by atoms with Gasteiger partial charge in [0, 0.05) is 6.07 Å². The van der Waals surface area contributed by atoms with E-state index in [0.717, 1.165) is 42.5 Å². The molecule has 0 radical (unpaired) electrons. The maximum atomic E-state index is 6.53. The summed E-state index contributed by atoms with van der Waals surface area (Å²) in [5.74, 6) is 1.46. The van der Waals surface area contributed by atoms with Crippen LogP contribution in [0.4, 0.5) is 0 Å². The summed E-state index contributed by atoms with van der Waals surface area (Å²) in [5, 5.41) is 0. The molecule has 0 saturated heterocycles. The Morgan fingerprint density at radius 1 is 1.21 bits per heavy atom. The molecule has 0 amide bonds. The first-order chi connectivity index (χ1) is 9.21. The third-order valence-corrected chi connectivity index (χ3v) is 4.02. The number of nitrogens with two attached hydrogens (primary N) is 1.